The summed E-state index contributed by atoms with van der Waals surface area (Å²) in [4.78, 5) is 58.1. The van der Waals surface area contributed by atoms with Crippen LogP contribution in [0.15, 0.2) is 18.3 Å². The molecule has 6 aliphatic heterocycles. The van der Waals surface area contributed by atoms with Crippen LogP contribution in [0.3, 0.4) is 0 Å². The zero-order valence-electron chi connectivity index (χ0n) is 20.1. The largest absolute Gasteiger partial charge is 0.480 e. The van der Waals surface area contributed by atoms with Crippen molar-refractivity contribution in [1.82, 2.24) is 25.4 Å². The first-order chi connectivity index (χ1) is 17.3. The van der Waals surface area contributed by atoms with E-state index in [1.807, 2.05) is 0 Å². The second-order valence-corrected chi connectivity index (χ2v) is 10.6. The first kappa shape index (κ1) is 24.6. The van der Waals surface area contributed by atoms with Crippen molar-refractivity contribution < 1.29 is 29.4 Å². The lowest BCUT2D eigenvalue weighted by Crippen LogP contribution is -2.58. The predicted molar refractivity (Wildman–Crippen MR) is 127 cm³/mol. The second-order valence-electron chi connectivity index (χ2n) is 10.6. The van der Waals surface area contributed by atoms with E-state index < -0.39 is 35.8 Å². The predicted octanol–water partition coefficient (Wildman–Crippen LogP) is 0.131. The van der Waals surface area contributed by atoms with Crippen molar-refractivity contribution >= 4 is 23.8 Å². The van der Waals surface area contributed by atoms with Gasteiger partial charge in [0, 0.05) is 31.1 Å². The van der Waals surface area contributed by atoms with Crippen LogP contribution in [0.2, 0.25) is 0 Å². The van der Waals surface area contributed by atoms with Crippen LogP contribution in [0.4, 0.5) is 0 Å². The van der Waals surface area contributed by atoms with Crippen LogP contribution in [-0.4, -0.2) is 100 Å². The highest BCUT2D eigenvalue weighted by Crippen LogP contribution is 2.35. The number of nitrogens with one attached hydrogen (secondary N) is 2. The maximum absolute atomic E-state index is 12.8. The molecule has 4 bridgehead atoms. The maximum atomic E-state index is 12.8. The van der Waals surface area contributed by atoms with E-state index in [1.165, 1.54) is 18.3 Å². The number of amides is 2. The molecule has 0 aromatic carbocycles. The molecule has 1 aromatic heterocycles. The first-order valence-electron chi connectivity index (χ1n) is 12.8. The van der Waals surface area contributed by atoms with Crippen molar-refractivity contribution in [3.8, 4) is 0 Å². The lowest BCUT2D eigenvalue weighted by molar-refractivity contribution is -0.143. The summed E-state index contributed by atoms with van der Waals surface area (Å²) in [7, 11) is 0. The van der Waals surface area contributed by atoms with Crippen molar-refractivity contribution in [2.75, 3.05) is 39.3 Å². The number of carbonyl (C=O) groups excluding carboxylic acids is 2. The number of carboxylic acid groups (broad SMARTS) is 2. The Bertz CT molecular complexity index is 935. The highest BCUT2D eigenvalue weighted by atomic mass is 16.4. The molecule has 6 aliphatic rings. The third-order valence-electron chi connectivity index (χ3n) is 8.63. The Balaban J connectivity index is 1.22. The van der Waals surface area contributed by atoms with E-state index in [9.17, 15) is 29.4 Å². The summed E-state index contributed by atoms with van der Waals surface area (Å²) >= 11 is 0. The van der Waals surface area contributed by atoms with Crippen LogP contribution < -0.4 is 10.6 Å². The van der Waals surface area contributed by atoms with Gasteiger partial charge in [0.1, 0.15) is 17.8 Å². The lowest BCUT2D eigenvalue weighted by atomic mass is 9.75. The number of carboxylic acids is 2. The van der Waals surface area contributed by atoms with Crippen LogP contribution in [0, 0.1) is 23.7 Å². The Hall–Kier alpha value is -3.05. The minimum atomic E-state index is -1.06. The quantitative estimate of drug-likeness (QED) is 0.391. The topological polar surface area (TPSA) is 152 Å². The fourth-order valence-electron chi connectivity index (χ4n) is 6.58. The number of fused-ring (bicyclic) bond motifs is 6. The van der Waals surface area contributed by atoms with Crippen molar-refractivity contribution in [1.29, 1.82) is 0 Å². The van der Waals surface area contributed by atoms with Gasteiger partial charge in [-0.1, -0.05) is 0 Å². The molecule has 7 heterocycles. The van der Waals surface area contributed by atoms with Gasteiger partial charge in [0.25, 0.3) is 11.8 Å². The van der Waals surface area contributed by atoms with Gasteiger partial charge in [-0.05, 0) is 75.8 Å². The van der Waals surface area contributed by atoms with Gasteiger partial charge in [-0.2, -0.15) is 0 Å². The van der Waals surface area contributed by atoms with Gasteiger partial charge in [-0.25, -0.2) is 9.59 Å². The minimum absolute atomic E-state index is 0.00579. The van der Waals surface area contributed by atoms with Crippen molar-refractivity contribution in [2.45, 2.75) is 37.8 Å². The summed E-state index contributed by atoms with van der Waals surface area (Å²) in [5, 5.41) is 24.9. The lowest BCUT2D eigenvalue weighted by Gasteiger charge is -2.46. The van der Waals surface area contributed by atoms with Gasteiger partial charge in [0.05, 0.1) is 5.56 Å². The zero-order chi connectivity index (χ0) is 25.4. The normalized spacial score (nSPS) is 32.3. The molecule has 0 saturated carbocycles. The van der Waals surface area contributed by atoms with Crippen LogP contribution in [0.1, 0.15) is 46.5 Å². The SMILES string of the molecule is O=C(NC(C(=O)O)[C@H]1CN2CCC1CC2)c1ccc(C(=O)NC(C(=O)O)[C@H]2CN3CCC2CC3)nc1. The fraction of sp³-hybridized carbons (Fsp3) is 0.640. The molecule has 11 heteroatoms. The van der Waals surface area contributed by atoms with E-state index in [2.05, 4.69) is 25.4 Å². The number of nitrogens with zero attached hydrogens (tertiary/aromatic N) is 3. The van der Waals surface area contributed by atoms with E-state index in [0.717, 1.165) is 51.9 Å². The van der Waals surface area contributed by atoms with E-state index in [4.69, 9.17) is 0 Å². The molecule has 4 N–H and O–H groups in total. The summed E-state index contributed by atoms with van der Waals surface area (Å²) in [6, 6.07) is 0.778. The monoisotopic (exact) mass is 499 g/mol. The molecule has 1 aromatic rings. The van der Waals surface area contributed by atoms with Crippen molar-refractivity contribution in [3.05, 3.63) is 29.6 Å². The van der Waals surface area contributed by atoms with Crippen LogP contribution in [0.5, 0.6) is 0 Å². The van der Waals surface area contributed by atoms with Crippen LogP contribution >= 0.6 is 0 Å². The molecule has 194 valence electrons. The molecule has 6 fully saturated rings. The number of hydrogen-bond donors (Lipinski definition) is 4. The molecule has 4 atom stereocenters. The molecule has 11 nitrogen and oxygen atoms in total. The Labute approximate surface area is 209 Å². The number of piperidine rings is 6. The number of rotatable bonds is 8. The number of pyridine rings is 1. The van der Waals surface area contributed by atoms with Gasteiger partial charge < -0.3 is 30.6 Å². The van der Waals surface area contributed by atoms with Crippen molar-refractivity contribution in [3.63, 3.8) is 0 Å². The molecular weight excluding hydrogens is 466 g/mol. The van der Waals surface area contributed by atoms with Crippen molar-refractivity contribution in [2.24, 2.45) is 23.7 Å². The Morgan fingerprint density at radius 3 is 1.61 bits per heavy atom. The van der Waals surface area contributed by atoms with Gasteiger partial charge in [0.15, 0.2) is 0 Å². The van der Waals surface area contributed by atoms with E-state index >= 15 is 0 Å². The summed E-state index contributed by atoms with van der Waals surface area (Å²) in [6.45, 7) is 5.18. The number of aliphatic carboxylic acids is 2. The van der Waals surface area contributed by atoms with Gasteiger partial charge in [-0.15, -0.1) is 0 Å². The van der Waals surface area contributed by atoms with Gasteiger partial charge in [0.2, 0.25) is 0 Å². The molecule has 0 radical (unpaired) electrons. The molecule has 2 amide bonds. The molecule has 36 heavy (non-hydrogen) atoms. The van der Waals surface area contributed by atoms with E-state index in [1.54, 1.807) is 0 Å². The summed E-state index contributed by atoms with van der Waals surface area (Å²) in [6.07, 6.45) is 4.97. The molecular formula is C25H33N5O6. The van der Waals surface area contributed by atoms with E-state index in [-0.39, 0.29) is 34.9 Å². The average Bonchev–Trinajstić information content (AvgIpc) is 2.91. The fourth-order valence-corrected chi connectivity index (χ4v) is 6.58. The highest BCUT2D eigenvalue weighted by Gasteiger charge is 2.43. The second kappa shape index (κ2) is 10.1. The van der Waals surface area contributed by atoms with Gasteiger partial charge >= 0.3 is 11.9 Å². The third kappa shape index (κ3) is 4.94. The molecule has 0 spiro atoms. The number of aromatic nitrogens is 1. The smallest absolute Gasteiger partial charge is 0.326 e. The van der Waals surface area contributed by atoms with Crippen LogP contribution in [0.25, 0.3) is 0 Å². The third-order valence-corrected chi connectivity index (χ3v) is 8.63. The van der Waals surface area contributed by atoms with Crippen LogP contribution in [-0.2, 0) is 9.59 Å². The number of carbonyl (C=O) groups is 4. The molecule has 6 saturated heterocycles. The summed E-state index contributed by atoms with van der Waals surface area (Å²) in [5.41, 5.74) is 0.150. The average molecular weight is 500 g/mol. The standard InChI is InChI=1S/C25H33N5O6/c31-22(27-20(24(33)34)17-12-29-7-3-14(17)4-8-29)16-1-2-19(26-11-16)23(32)28-21(25(35)36)18-13-30-9-5-15(18)6-10-30/h1-2,11,14-15,17-18,20-21H,3-10,12-13H2,(H,27,31)(H,28,32)(H,33,34)(H,35,36)/t17-,18-,20?,21?/m0/s1. The maximum Gasteiger partial charge on any atom is 0.326 e. The van der Waals surface area contributed by atoms with Gasteiger partial charge in [-0.3, -0.25) is 14.6 Å². The Morgan fingerprint density at radius 1 is 0.778 bits per heavy atom. The zero-order valence-corrected chi connectivity index (χ0v) is 20.1. The Morgan fingerprint density at radius 2 is 1.25 bits per heavy atom. The number of hydrogen-bond acceptors (Lipinski definition) is 7. The minimum Gasteiger partial charge on any atom is -0.480 e. The highest BCUT2D eigenvalue weighted by molar-refractivity contribution is 5.98. The molecule has 0 aliphatic carbocycles. The molecule has 7 rings (SSSR count). The first-order valence-corrected chi connectivity index (χ1v) is 12.8. The molecule has 2 unspecified atom stereocenters. The summed E-state index contributed by atoms with van der Waals surface area (Å²) < 4.78 is 0. The van der Waals surface area contributed by atoms with E-state index in [0.29, 0.717) is 13.1 Å². The Kier molecular flexibility index (Phi) is 6.94. The summed E-state index contributed by atoms with van der Waals surface area (Å²) in [5.74, 6) is -3.04.